The molecule has 1 heterocycles. The van der Waals surface area contributed by atoms with Crippen LogP contribution in [-0.2, 0) is 9.53 Å². The highest BCUT2D eigenvalue weighted by Gasteiger charge is 2.25. The average molecular weight is 142 g/mol. The topological polar surface area (TPSA) is 40.4 Å². The number of nitrogens with zero attached hydrogens (tertiary/aromatic N) is 1. The Morgan fingerprint density at radius 2 is 2.60 bits per heavy atom. The number of ether oxygens (including phenoxy) is 1. The summed E-state index contributed by atoms with van der Waals surface area (Å²) in [6, 6.07) is 0. The van der Waals surface area contributed by atoms with E-state index >= 15 is 0 Å². The Balaban J connectivity index is 2.20. The van der Waals surface area contributed by atoms with Gasteiger partial charge in [0, 0.05) is 13.2 Å². The van der Waals surface area contributed by atoms with Gasteiger partial charge in [-0.2, -0.15) is 0 Å². The van der Waals surface area contributed by atoms with Crippen molar-refractivity contribution < 1.29 is 9.53 Å². The Bertz CT molecular complexity index is 125. The van der Waals surface area contributed by atoms with Gasteiger partial charge in [0.15, 0.2) is 0 Å². The van der Waals surface area contributed by atoms with Crippen LogP contribution in [0.1, 0.15) is 13.3 Å². The van der Waals surface area contributed by atoms with Crippen molar-refractivity contribution in [2.75, 3.05) is 19.8 Å². The van der Waals surface area contributed by atoms with Gasteiger partial charge >= 0.3 is 0 Å². The zero-order valence-electron chi connectivity index (χ0n) is 6.17. The molecule has 0 spiro atoms. The average Bonchev–Trinajstić information content (AvgIpc) is 2.31. The molecular weight excluding hydrogens is 130 g/mol. The maximum absolute atomic E-state index is 10.8. The second-order valence-electron chi connectivity index (χ2n) is 2.37. The van der Waals surface area contributed by atoms with Crippen molar-refractivity contribution in [1.82, 2.24) is 5.32 Å². The van der Waals surface area contributed by atoms with Gasteiger partial charge in [0.1, 0.15) is 0 Å². The van der Waals surface area contributed by atoms with Gasteiger partial charge in [-0.05, 0) is 13.3 Å². The molecule has 0 N–H and O–H groups in total. The van der Waals surface area contributed by atoms with E-state index in [9.17, 15) is 4.79 Å². The van der Waals surface area contributed by atoms with Crippen molar-refractivity contribution in [1.29, 1.82) is 0 Å². The Hall–Kier alpha value is -0.570. The third kappa shape index (κ3) is 1.70. The van der Waals surface area contributed by atoms with Gasteiger partial charge in [-0.15, -0.1) is 0 Å². The van der Waals surface area contributed by atoms with Crippen LogP contribution >= 0.6 is 0 Å². The first-order valence-corrected chi connectivity index (χ1v) is 3.63. The summed E-state index contributed by atoms with van der Waals surface area (Å²) in [5.74, 6) is 0.0772. The highest BCUT2D eigenvalue weighted by atomic mass is 16.5. The molecule has 1 aliphatic rings. The van der Waals surface area contributed by atoms with E-state index in [-0.39, 0.29) is 11.8 Å². The molecule has 0 aliphatic carbocycles. The summed E-state index contributed by atoms with van der Waals surface area (Å²) < 4.78 is 5.11. The maximum Gasteiger partial charge on any atom is 0.246 e. The molecule has 0 aromatic heterocycles. The first kappa shape index (κ1) is 7.54. The number of carbonyl (C=O) groups excluding carboxylic acids is 1. The number of hydrogen-bond donors (Lipinski definition) is 0. The molecule has 0 aromatic rings. The van der Waals surface area contributed by atoms with E-state index in [4.69, 9.17) is 4.74 Å². The predicted molar refractivity (Wildman–Crippen MR) is 36.6 cm³/mol. The van der Waals surface area contributed by atoms with Crippen molar-refractivity contribution in [3.63, 3.8) is 0 Å². The molecule has 1 amide bonds. The lowest BCUT2D eigenvalue weighted by Gasteiger charge is -2.04. The van der Waals surface area contributed by atoms with Gasteiger partial charge in [0.2, 0.25) is 5.91 Å². The number of amides is 1. The maximum atomic E-state index is 10.8. The van der Waals surface area contributed by atoms with Crippen LogP contribution in [0.5, 0.6) is 0 Å². The standard InChI is InChI=1S/C7H12NO2/c1-2-10-5-6-3-4-8-7(6)9/h6H,2-5H2,1H3. The normalized spacial score (nSPS) is 24.9. The van der Waals surface area contributed by atoms with Gasteiger partial charge in [0.05, 0.1) is 12.5 Å². The summed E-state index contributed by atoms with van der Waals surface area (Å²) >= 11 is 0. The number of carbonyl (C=O) groups is 1. The summed E-state index contributed by atoms with van der Waals surface area (Å²) in [4.78, 5) is 10.8. The van der Waals surface area contributed by atoms with Crippen molar-refractivity contribution in [3.8, 4) is 0 Å². The Morgan fingerprint density at radius 1 is 1.80 bits per heavy atom. The molecule has 1 radical (unpaired) electrons. The third-order valence-corrected chi connectivity index (χ3v) is 1.62. The first-order valence-electron chi connectivity index (χ1n) is 3.63. The van der Waals surface area contributed by atoms with Crippen LogP contribution in [0.2, 0.25) is 0 Å². The monoisotopic (exact) mass is 142 g/mol. The van der Waals surface area contributed by atoms with Gasteiger partial charge in [-0.3, -0.25) is 10.1 Å². The van der Waals surface area contributed by atoms with Crippen LogP contribution in [0, 0.1) is 5.92 Å². The summed E-state index contributed by atoms with van der Waals surface area (Å²) in [7, 11) is 0. The molecule has 3 heteroatoms. The molecule has 0 bridgehead atoms. The second-order valence-corrected chi connectivity index (χ2v) is 2.37. The summed E-state index contributed by atoms with van der Waals surface area (Å²) in [6.45, 7) is 3.86. The molecule has 1 fully saturated rings. The minimum Gasteiger partial charge on any atom is -0.381 e. The van der Waals surface area contributed by atoms with E-state index in [1.54, 1.807) is 0 Å². The van der Waals surface area contributed by atoms with Crippen molar-refractivity contribution in [3.05, 3.63) is 0 Å². The lowest BCUT2D eigenvalue weighted by molar-refractivity contribution is -0.124. The second kappa shape index (κ2) is 3.56. The van der Waals surface area contributed by atoms with E-state index in [0.717, 1.165) is 6.42 Å². The summed E-state index contributed by atoms with van der Waals surface area (Å²) in [5, 5.41) is 3.75. The van der Waals surface area contributed by atoms with Gasteiger partial charge < -0.3 is 4.74 Å². The Labute approximate surface area is 60.7 Å². The van der Waals surface area contributed by atoms with Crippen LogP contribution in [0.3, 0.4) is 0 Å². The lowest BCUT2D eigenvalue weighted by atomic mass is 10.1. The zero-order chi connectivity index (χ0) is 7.40. The Morgan fingerprint density at radius 3 is 3.10 bits per heavy atom. The van der Waals surface area contributed by atoms with Crippen LogP contribution in [0.4, 0.5) is 0 Å². The molecule has 1 unspecified atom stereocenters. The van der Waals surface area contributed by atoms with Crippen LogP contribution in [-0.4, -0.2) is 25.7 Å². The third-order valence-electron chi connectivity index (χ3n) is 1.62. The van der Waals surface area contributed by atoms with Crippen LogP contribution in [0.15, 0.2) is 0 Å². The number of rotatable bonds is 3. The molecule has 0 saturated carbocycles. The SMILES string of the molecule is CCOCC1CC[N]C1=O. The molecule has 57 valence electrons. The minimum atomic E-state index is 0.0217. The van der Waals surface area contributed by atoms with Gasteiger partial charge in [-0.25, -0.2) is 0 Å². The molecule has 0 aromatic carbocycles. The number of hydrogen-bond acceptors (Lipinski definition) is 2. The van der Waals surface area contributed by atoms with Crippen molar-refractivity contribution >= 4 is 5.91 Å². The van der Waals surface area contributed by atoms with Gasteiger partial charge in [-0.1, -0.05) is 0 Å². The van der Waals surface area contributed by atoms with Crippen molar-refractivity contribution in [2.45, 2.75) is 13.3 Å². The fourth-order valence-corrected chi connectivity index (χ4v) is 0.998. The van der Waals surface area contributed by atoms with Crippen LogP contribution < -0.4 is 5.32 Å². The summed E-state index contributed by atoms with van der Waals surface area (Å²) in [6.07, 6.45) is 0.874. The molecule has 3 nitrogen and oxygen atoms in total. The molecule has 10 heavy (non-hydrogen) atoms. The first-order chi connectivity index (χ1) is 4.84. The minimum absolute atomic E-state index is 0.0217. The largest absolute Gasteiger partial charge is 0.381 e. The highest BCUT2D eigenvalue weighted by Crippen LogP contribution is 2.10. The Kier molecular flexibility index (Phi) is 2.68. The summed E-state index contributed by atoms with van der Waals surface area (Å²) in [5.41, 5.74) is 0. The van der Waals surface area contributed by atoms with Crippen LogP contribution in [0.25, 0.3) is 0 Å². The van der Waals surface area contributed by atoms with E-state index in [1.807, 2.05) is 6.92 Å². The fourth-order valence-electron chi connectivity index (χ4n) is 0.998. The van der Waals surface area contributed by atoms with Gasteiger partial charge in [0.25, 0.3) is 0 Å². The van der Waals surface area contributed by atoms with Crippen molar-refractivity contribution in [2.24, 2.45) is 5.92 Å². The van der Waals surface area contributed by atoms with E-state index < -0.39 is 0 Å². The lowest BCUT2D eigenvalue weighted by Crippen LogP contribution is -2.17. The highest BCUT2D eigenvalue weighted by molar-refractivity contribution is 5.80. The molecule has 1 rings (SSSR count). The molecular formula is C7H12NO2. The smallest absolute Gasteiger partial charge is 0.246 e. The quantitative estimate of drug-likeness (QED) is 0.563. The fraction of sp³-hybridized carbons (Fsp3) is 0.857. The molecule has 1 saturated heterocycles. The predicted octanol–water partition coefficient (Wildman–Crippen LogP) is 0.174. The van der Waals surface area contributed by atoms with E-state index in [2.05, 4.69) is 5.32 Å². The zero-order valence-corrected chi connectivity index (χ0v) is 6.17. The molecule has 1 atom stereocenters. The van der Waals surface area contributed by atoms with E-state index in [0.29, 0.717) is 19.8 Å². The molecule has 1 aliphatic heterocycles. The van der Waals surface area contributed by atoms with E-state index in [1.165, 1.54) is 0 Å².